The van der Waals surface area contributed by atoms with E-state index in [4.69, 9.17) is 9.47 Å². The van der Waals surface area contributed by atoms with Crippen molar-refractivity contribution in [1.82, 2.24) is 5.32 Å². The topological polar surface area (TPSA) is 59.6 Å². The molecule has 1 aromatic carbocycles. The van der Waals surface area contributed by atoms with E-state index in [1.807, 2.05) is 31.2 Å². The van der Waals surface area contributed by atoms with Crippen LogP contribution < -0.4 is 10.6 Å². The number of rotatable bonds is 6. The molecule has 1 saturated heterocycles. The van der Waals surface area contributed by atoms with Gasteiger partial charge in [0.05, 0.1) is 19.8 Å². The molecule has 1 aliphatic rings. The molecule has 0 bridgehead atoms. The van der Waals surface area contributed by atoms with Crippen molar-refractivity contribution < 1.29 is 14.3 Å². The van der Waals surface area contributed by atoms with Crippen LogP contribution in [0.1, 0.15) is 18.9 Å². The van der Waals surface area contributed by atoms with Gasteiger partial charge in [0.25, 0.3) is 0 Å². The van der Waals surface area contributed by atoms with Crippen LogP contribution in [0, 0.1) is 0 Å². The highest BCUT2D eigenvalue weighted by atomic mass is 35.5. The second-order valence-electron chi connectivity index (χ2n) is 4.82. The molecular formula is C15H23ClN2O3. The third kappa shape index (κ3) is 6.44. The summed E-state index contributed by atoms with van der Waals surface area (Å²) in [6, 6.07) is 7.85. The van der Waals surface area contributed by atoms with E-state index < -0.39 is 0 Å². The van der Waals surface area contributed by atoms with Crippen LogP contribution in [0.15, 0.2) is 24.3 Å². The number of halogens is 1. The Balaban J connectivity index is 0.00000220. The molecule has 0 aromatic heterocycles. The Morgan fingerprint density at radius 2 is 2.38 bits per heavy atom. The van der Waals surface area contributed by atoms with E-state index in [9.17, 15) is 4.79 Å². The fourth-order valence-corrected chi connectivity index (χ4v) is 2.15. The van der Waals surface area contributed by atoms with Crippen molar-refractivity contribution in [2.75, 3.05) is 31.7 Å². The summed E-state index contributed by atoms with van der Waals surface area (Å²) in [4.78, 5) is 12.0. The lowest BCUT2D eigenvalue weighted by Gasteiger charge is -2.23. The summed E-state index contributed by atoms with van der Waals surface area (Å²) in [7, 11) is 0. The normalized spacial score (nSPS) is 17.9. The van der Waals surface area contributed by atoms with Crippen LogP contribution in [0.2, 0.25) is 0 Å². The van der Waals surface area contributed by atoms with E-state index in [0.717, 1.165) is 24.4 Å². The summed E-state index contributed by atoms with van der Waals surface area (Å²) in [6.07, 6.45) is 0.426. The van der Waals surface area contributed by atoms with E-state index in [0.29, 0.717) is 26.2 Å². The molecule has 0 saturated carbocycles. The molecular weight excluding hydrogens is 292 g/mol. The number of ether oxygens (including phenoxy) is 2. The third-order valence-corrected chi connectivity index (χ3v) is 3.11. The quantitative estimate of drug-likeness (QED) is 0.843. The molecule has 0 aliphatic carbocycles. The van der Waals surface area contributed by atoms with Gasteiger partial charge in [-0.25, -0.2) is 0 Å². The maximum atomic E-state index is 12.0. The van der Waals surface area contributed by atoms with Crippen LogP contribution in [0.3, 0.4) is 0 Å². The molecule has 0 spiro atoms. The standard InChI is InChI=1S/C15H22N2O3.ClH/c1-2-19-10-12-4-3-5-13(8-12)17-15(18)9-14-11-20-7-6-16-14;/h3-5,8,14,16H,2,6-7,9-11H2,1H3,(H,17,18);1H. The van der Waals surface area contributed by atoms with Gasteiger partial charge in [0.15, 0.2) is 0 Å². The van der Waals surface area contributed by atoms with Crippen LogP contribution in [-0.4, -0.2) is 38.3 Å². The number of morpholine rings is 1. The second kappa shape index (κ2) is 9.73. The number of amides is 1. The second-order valence-corrected chi connectivity index (χ2v) is 4.82. The zero-order valence-corrected chi connectivity index (χ0v) is 13.1. The first-order valence-electron chi connectivity index (χ1n) is 7.05. The fourth-order valence-electron chi connectivity index (χ4n) is 2.15. The van der Waals surface area contributed by atoms with Crippen molar-refractivity contribution in [1.29, 1.82) is 0 Å². The lowest BCUT2D eigenvalue weighted by Crippen LogP contribution is -2.43. The van der Waals surface area contributed by atoms with E-state index >= 15 is 0 Å². The molecule has 5 nitrogen and oxygen atoms in total. The van der Waals surface area contributed by atoms with Gasteiger partial charge in [0.2, 0.25) is 5.91 Å². The molecule has 1 aliphatic heterocycles. The Bertz CT molecular complexity index is 437. The molecule has 1 heterocycles. The van der Waals surface area contributed by atoms with E-state index in [-0.39, 0.29) is 24.4 Å². The highest BCUT2D eigenvalue weighted by Gasteiger charge is 2.16. The van der Waals surface area contributed by atoms with Gasteiger partial charge in [-0.1, -0.05) is 12.1 Å². The van der Waals surface area contributed by atoms with Gasteiger partial charge in [-0.05, 0) is 24.6 Å². The number of benzene rings is 1. The highest BCUT2D eigenvalue weighted by Crippen LogP contribution is 2.12. The minimum atomic E-state index is 0. The summed E-state index contributed by atoms with van der Waals surface area (Å²) >= 11 is 0. The monoisotopic (exact) mass is 314 g/mol. The molecule has 1 unspecified atom stereocenters. The maximum Gasteiger partial charge on any atom is 0.226 e. The van der Waals surface area contributed by atoms with Crippen LogP contribution in [0.25, 0.3) is 0 Å². The molecule has 118 valence electrons. The molecule has 1 aromatic rings. The van der Waals surface area contributed by atoms with Crippen LogP contribution >= 0.6 is 12.4 Å². The predicted molar refractivity (Wildman–Crippen MR) is 84.9 cm³/mol. The van der Waals surface area contributed by atoms with Crippen LogP contribution in [-0.2, 0) is 20.9 Å². The number of hydrogen-bond donors (Lipinski definition) is 2. The van der Waals surface area contributed by atoms with Gasteiger partial charge in [0.1, 0.15) is 0 Å². The molecule has 0 radical (unpaired) electrons. The Morgan fingerprint density at radius 1 is 1.52 bits per heavy atom. The van der Waals surface area contributed by atoms with E-state index in [2.05, 4.69) is 10.6 Å². The lowest BCUT2D eigenvalue weighted by atomic mass is 10.1. The highest BCUT2D eigenvalue weighted by molar-refractivity contribution is 5.91. The Labute approximate surface area is 131 Å². The summed E-state index contributed by atoms with van der Waals surface area (Å²) in [6.45, 7) is 5.34. The van der Waals surface area contributed by atoms with Crippen molar-refractivity contribution in [3.63, 3.8) is 0 Å². The van der Waals surface area contributed by atoms with Crippen LogP contribution in [0.5, 0.6) is 0 Å². The first kappa shape index (κ1) is 17.9. The van der Waals surface area contributed by atoms with Crippen molar-refractivity contribution in [3.8, 4) is 0 Å². The van der Waals surface area contributed by atoms with E-state index in [1.54, 1.807) is 0 Å². The average Bonchev–Trinajstić information content (AvgIpc) is 2.46. The summed E-state index contributed by atoms with van der Waals surface area (Å²) in [5, 5.41) is 6.19. The van der Waals surface area contributed by atoms with Gasteiger partial charge >= 0.3 is 0 Å². The Morgan fingerprint density at radius 3 is 3.10 bits per heavy atom. The number of anilines is 1. The SMILES string of the molecule is CCOCc1cccc(NC(=O)CC2COCCN2)c1.Cl. The first-order chi connectivity index (χ1) is 9.78. The van der Waals surface area contributed by atoms with E-state index in [1.165, 1.54) is 0 Å². The molecule has 1 fully saturated rings. The van der Waals surface area contributed by atoms with Crippen molar-refractivity contribution in [2.24, 2.45) is 0 Å². The molecule has 2 N–H and O–H groups in total. The first-order valence-corrected chi connectivity index (χ1v) is 7.05. The van der Waals surface area contributed by atoms with Crippen molar-refractivity contribution in [3.05, 3.63) is 29.8 Å². The van der Waals surface area contributed by atoms with Crippen molar-refractivity contribution in [2.45, 2.75) is 26.0 Å². The summed E-state index contributed by atoms with van der Waals surface area (Å²) < 4.78 is 10.7. The number of nitrogens with one attached hydrogen (secondary N) is 2. The fraction of sp³-hybridized carbons (Fsp3) is 0.533. The minimum absolute atomic E-state index is 0. The molecule has 2 rings (SSSR count). The molecule has 1 amide bonds. The average molecular weight is 315 g/mol. The molecule has 21 heavy (non-hydrogen) atoms. The smallest absolute Gasteiger partial charge is 0.226 e. The largest absolute Gasteiger partial charge is 0.378 e. The Hall–Kier alpha value is -1.14. The Kier molecular flexibility index (Phi) is 8.30. The van der Waals surface area contributed by atoms with Crippen LogP contribution in [0.4, 0.5) is 5.69 Å². The summed E-state index contributed by atoms with van der Waals surface area (Å²) in [5.74, 6) is 0.00144. The molecule has 1 atom stereocenters. The van der Waals surface area contributed by atoms with Gasteiger partial charge in [-0.2, -0.15) is 0 Å². The zero-order valence-electron chi connectivity index (χ0n) is 12.3. The van der Waals surface area contributed by atoms with Gasteiger partial charge in [-0.3, -0.25) is 4.79 Å². The maximum absolute atomic E-state index is 12.0. The third-order valence-electron chi connectivity index (χ3n) is 3.11. The minimum Gasteiger partial charge on any atom is -0.378 e. The van der Waals surface area contributed by atoms with Gasteiger partial charge < -0.3 is 20.1 Å². The lowest BCUT2D eigenvalue weighted by molar-refractivity contribution is -0.117. The number of carbonyl (C=O) groups excluding carboxylic acids is 1. The van der Waals surface area contributed by atoms with Gasteiger partial charge in [-0.15, -0.1) is 12.4 Å². The summed E-state index contributed by atoms with van der Waals surface area (Å²) in [5.41, 5.74) is 1.87. The zero-order chi connectivity index (χ0) is 14.2. The predicted octanol–water partition coefficient (Wildman–Crippen LogP) is 1.96. The van der Waals surface area contributed by atoms with Gasteiger partial charge in [0, 0.05) is 31.3 Å². The van der Waals surface area contributed by atoms with Crippen molar-refractivity contribution >= 4 is 24.0 Å². The number of carbonyl (C=O) groups is 1. The molecule has 6 heteroatoms. The number of hydrogen-bond acceptors (Lipinski definition) is 4.